The van der Waals surface area contributed by atoms with Crippen molar-refractivity contribution in [2.24, 2.45) is 0 Å². The van der Waals surface area contributed by atoms with Gasteiger partial charge in [0.15, 0.2) is 0 Å². The summed E-state index contributed by atoms with van der Waals surface area (Å²) in [5.74, 6) is 0.469. The van der Waals surface area contributed by atoms with Gasteiger partial charge in [0, 0.05) is 41.6 Å². The topological polar surface area (TPSA) is 75.6 Å². The van der Waals surface area contributed by atoms with Crippen LogP contribution >= 0.6 is 0 Å². The van der Waals surface area contributed by atoms with Crippen molar-refractivity contribution in [3.8, 4) is 0 Å². The molecular weight excluding hydrogens is 290 g/mol. The molecule has 0 saturated carbocycles. The molecule has 0 atom stereocenters. The predicted octanol–water partition coefficient (Wildman–Crippen LogP) is 3.04. The number of hydrogen-bond donors (Lipinski definition) is 2. The van der Waals surface area contributed by atoms with Crippen LogP contribution in [-0.2, 0) is 6.54 Å². The van der Waals surface area contributed by atoms with Gasteiger partial charge in [-0.2, -0.15) is 4.98 Å². The summed E-state index contributed by atoms with van der Waals surface area (Å²) in [5, 5.41) is 5.18. The SMILES string of the molecule is CCn1c(=O)ccc2cnc(Nc3ccc4cc[nH]c4c3)nc21. The maximum Gasteiger partial charge on any atom is 0.252 e. The van der Waals surface area contributed by atoms with Crippen LogP contribution in [0, 0.1) is 0 Å². The van der Waals surface area contributed by atoms with E-state index < -0.39 is 0 Å². The molecule has 4 rings (SSSR count). The van der Waals surface area contributed by atoms with Crippen molar-refractivity contribution < 1.29 is 0 Å². The molecule has 1 aromatic carbocycles. The number of H-pyrrole nitrogens is 1. The van der Waals surface area contributed by atoms with Gasteiger partial charge in [0.25, 0.3) is 5.56 Å². The van der Waals surface area contributed by atoms with E-state index in [1.165, 1.54) is 0 Å². The van der Waals surface area contributed by atoms with E-state index in [-0.39, 0.29) is 5.56 Å². The van der Waals surface area contributed by atoms with Crippen molar-refractivity contribution in [2.45, 2.75) is 13.5 Å². The standard InChI is InChI=1S/C17H15N5O/c1-2-22-15(23)6-4-12-10-19-17(21-16(12)22)20-13-5-3-11-7-8-18-14(11)9-13/h3-10,18H,2H2,1H3,(H,19,20,21). The zero-order chi connectivity index (χ0) is 15.8. The number of aromatic nitrogens is 4. The highest BCUT2D eigenvalue weighted by Crippen LogP contribution is 2.20. The van der Waals surface area contributed by atoms with Gasteiger partial charge < -0.3 is 10.3 Å². The minimum Gasteiger partial charge on any atom is -0.361 e. The number of aryl methyl sites for hydroxylation is 1. The largest absolute Gasteiger partial charge is 0.361 e. The molecule has 3 heterocycles. The van der Waals surface area contributed by atoms with Crippen LogP contribution in [-0.4, -0.2) is 19.5 Å². The van der Waals surface area contributed by atoms with Crippen molar-refractivity contribution >= 4 is 33.6 Å². The zero-order valence-corrected chi connectivity index (χ0v) is 12.6. The molecule has 0 amide bonds. The van der Waals surface area contributed by atoms with Crippen molar-refractivity contribution in [1.82, 2.24) is 19.5 Å². The summed E-state index contributed by atoms with van der Waals surface area (Å²) in [6.45, 7) is 2.50. The molecule has 0 aliphatic rings. The third-order valence-electron chi connectivity index (χ3n) is 3.85. The zero-order valence-electron chi connectivity index (χ0n) is 12.6. The third-order valence-corrected chi connectivity index (χ3v) is 3.85. The lowest BCUT2D eigenvalue weighted by molar-refractivity contribution is 0.749. The quantitative estimate of drug-likeness (QED) is 0.610. The molecule has 114 valence electrons. The van der Waals surface area contributed by atoms with Gasteiger partial charge in [0.2, 0.25) is 5.95 Å². The summed E-state index contributed by atoms with van der Waals surface area (Å²) in [6, 6.07) is 11.3. The molecule has 0 aliphatic heterocycles. The first-order valence-electron chi connectivity index (χ1n) is 7.45. The minimum absolute atomic E-state index is 0.0579. The number of aromatic amines is 1. The highest BCUT2D eigenvalue weighted by molar-refractivity contribution is 5.83. The van der Waals surface area contributed by atoms with E-state index in [1.54, 1.807) is 22.9 Å². The first kappa shape index (κ1) is 13.5. The van der Waals surface area contributed by atoms with Gasteiger partial charge in [-0.05, 0) is 36.6 Å². The average Bonchev–Trinajstić information content (AvgIpc) is 3.02. The van der Waals surface area contributed by atoms with E-state index in [4.69, 9.17) is 0 Å². The Hall–Kier alpha value is -3.15. The fourth-order valence-corrected chi connectivity index (χ4v) is 2.69. The number of nitrogens with one attached hydrogen (secondary N) is 2. The molecular formula is C17H15N5O. The molecule has 0 unspecified atom stereocenters. The molecule has 0 aliphatic carbocycles. The summed E-state index contributed by atoms with van der Waals surface area (Å²) >= 11 is 0. The smallest absolute Gasteiger partial charge is 0.252 e. The maximum atomic E-state index is 11.9. The van der Waals surface area contributed by atoms with Gasteiger partial charge in [0.05, 0.1) is 0 Å². The summed E-state index contributed by atoms with van der Waals surface area (Å²) in [6.07, 6.45) is 3.63. The van der Waals surface area contributed by atoms with Crippen LogP contribution in [0.1, 0.15) is 6.92 Å². The molecule has 6 heteroatoms. The van der Waals surface area contributed by atoms with Crippen molar-refractivity contribution in [2.75, 3.05) is 5.32 Å². The van der Waals surface area contributed by atoms with Crippen LogP contribution in [0.2, 0.25) is 0 Å². The van der Waals surface area contributed by atoms with Crippen molar-refractivity contribution in [1.29, 1.82) is 0 Å². The predicted molar refractivity (Wildman–Crippen MR) is 91.1 cm³/mol. The number of nitrogens with zero attached hydrogens (tertiary/aromatic N) is 3. The van der Waals surface area contributed by atoms with Crippen LogP contribution in [0.25, 0.3) is 21.9 Å². The van der Waals surface area contributed by atoms with Gasteiger partial charge in [0.1, 0.15) is 5.65 Å². The minimum atomic E-state index is -0.0579. The highest BCUT2D eigenvalue weighted by Gasteiger charge is 2.06. The fraction of sp³-hybridized carbons (Fsp3) is 0.118. The lowest BCUT2D eigenvalue weighted by atomic mass is 10.2. The molecule has 0 spiro atoms. The van der Waals surface area contributed by atoms with Crippen LogP contribution in [0.4, 0.5) is 11.6 Å². The van der Waals surface area contributed by atoms with E-state index >= 15 is 0 Å². The number of benzene rings is 1. The van der Waals surface area contributed by atoms with Crippen molar-refractivity contribution in [3.05, 3.63) is 59.1 Å². The second kappa shape index (κ2) is 5.24. The van der Waals surface area contributed by atoms with Crippen LogP contribution in [0.3, 0.4) is 0 Å². The first-order valence-corrected chi connectivity index (χ1v) is 7.45. The molecule has 3 aromatic heterocycles. The van der Waals surface area contributed by atoms with E-state index in [0.717, 1.165) is 22.0 Å². The highest BCUT2D eigenvalue weighted by atomic mass is 16.1. The maximum absolute atomic E-state index is 11.9. The second-order valence-electron chi connectivity index (χ2n) is 5.29. The number of anilines is 2. The number of fused-ring (bicyclic) bond motifs is 2. The van der Waals surface area contributed by atoms with E-state index in [2.05, 4.69) is 20.3 Å². The van der Waals surface area contributed by atoms with E-state index in [0.29, 0.717) is 18.1 Å². The normalized spacial score (nSPS) is 11.2. The summed E-state index contributed by atoms with van der Waals surface area (Å²) < 4.78 is 1.64. The lowest BCUT2D eigenvalue weighted by Crippen LogP contribution is -2.19. The second-order valence-corrected chi connectivity index (χ2v) is 5.29. The molecule has 0 fully saturated rings. The molecule has 0 radical (unpaired) electrons. The molecule has 0 saturated heterocycles. The Labute approximate surface area is 131 Å². The van der Waals surface area contributed by atoms with E-state index in [9.17, 15) is 4.79 Å². The Balaban J connectivity index is 1.77. The molecule has 0 bridgehead atoms. The Morgan fingerprint density at radius 2 is 2.04 bits per heavy atom. The van der Waals surface area contributed by atoms with Gasteiger partial charge in [-0.15, -0.1) is 0 Å². The lowest BCUT2D eigenvalue weighted by Gasteiger charge is -2.09. The summed E-state index contributed by atoms with van der Waals surface area (Å²) in [5.41, 5.74) is 2.51. The van der Waals surface area contributed by atoms with Gasteiger partial charge in [-0.25, -0.2) is 4.98 Å². The Kier molecular flexibility index (Phi) is 3.08. The van der Waals surface area contributed by atoms with Gasteiger partial charge >= 0.3 is 0 Å². The van der Waals surface area contributed by atoms with Gasteiger partial charge in [-0.1, -0.05) is 6.07 Å². The summed E-state index contributed by atoms with van der Waals surface area (Å²) in [7, 11) is 0. The molecule has 4 aromatic rings. The number of hydrogen-bond acceptors (Lipinski definition) is 4. The van der Waals surface area contributed by atoms with Gasteiger partial charge in [-0.3, -0.25) is 9.36 Å². The first-order chi connectivity index (χ1) is 11.2. The summed E-state index contributed by atoms with van der Waals surface area (Å²) in [4.78, 5) is 23.9. The van der Waals surface area contributed by atoms with E-state index in [1.807, 2.05) is 37.4 Å². The average molecular weight is 305 g/mol. The molecule has 23 heavy (non-hydrogen) atoms. The van der Waals surface area contributed by atoms with Crippen LogP contribution in [0.15, 0.2) is 53.6 Å². The van der Waals surface area contributed by atoms with Crippen LogP contribution < -0.4 is 10.9 Å². The Bertz CT molecular complexity index is 1060. The number of rotatable bonds is 3. The molecule has 6 nitrogen and oxygen atoms in total. The number of pyridine rings is 1. The van der Waals surface area contributed by atoms with Crippen LogP contribution in [0.5, 0.6) is 0 Å². The fourth-order valence-electron chi connectivity index (χ4n) is 2.69. The Morgan fingerprint density at radius 1 is 1.17 bits per heavy atom. The molecule has 2 N–H and O–H groups in total. The monoisotopic (exact) mass is 305 g/mol. The Morgan fingerprint density at radius 3 is 2.91 bits per heavy atom. The van der Waals surface area contributed by atoms with Crippen molar-refractivity contribution in [3.63, 3.8) is 0 Å². The third kappa shape index (κ3) is 2.34.